The number of benzene rings is 1. The molecule has 9 nitrogen and oxygen atoms in total. The van der Waals surface area contributed by atoms with Crippen molar-refractivity contribution in [2.75, 3.05) is 17.0 Å². The Bertz CT molecular complexity index is 666. The summed E-state index contributed by atoms with van der Waals surface area (Å²) in [7, 11) is -0.231. The van der Waals surface area contributed by atoms with Crippen molar-refractivity contribution in [3.05, 3.63) is 23.8 Å². The van der Waals surface area contributed by atoms with E-state index in [0.717, 1.165) is 0 Å². The number of nitrogens with zero attached hydrogens (tertiary/aromatic N) is 1. The predicted molar refractivity (Wildman–Crippen MR) is 85.3 cm³/mol. The average Bonchev–Trinajstić information content (AvgIpc) is 2.84. The zero-order valence-electron chi connectivity index (χ0n) is 12.9. The van der Waals surface area contributed by atoms with Crippen LogP contribution in [0, 0.1) is 0 Å². The summed E-state index contributed by atoms with van der Waals surface area (Å²) in [6.07, 6.45) is 0.0273. The third-order valence-corrected chi connectivity index (χ3v) is 3.11. The van der Waals surface area contributed by atoms with Gasteiger partial charge in [-0.25, -0.2) is 0 Å². The first-order valence-corrected chi connectivity index (χ1v) is 7.26. The van der Waals surface area contributed by atoms with Crippen LogP contribution in [0.25, 0.3) is 0 Å². The molecule has 1 fully saturated rings. The van der Waals surface area contributed by atoms with E-state index < -0.39 is 24.8 Å². The first-order valence-electron chi connectivity index (χ1n) is 7.26. The number of amides is 2. The van der Waals surface area contributed by atoms with Crippen LogP contribution in [-0.2, 0) is 19.1 Å². The molecule has 0 aromatic heterocycles. The maximum atomic E-state index is 12.2. The van der Waals surface area contributed by atoms with Crippen LogP contribution in [0.4, 0.5) is 11.4 Å². The summed E-state index contributed by atoms with van der Waals surface area (Å²) in [5, 5.41) is 15.3. The van der Waals surface area contributed by atoms with Crippen molar-refractivity contribution in [3.63, 3.8) is 0 Å². The fraction of sp³-hybridized carbons (Fsp3) is 0.308. The number of imide groups is 1. The van der Waals surface area contributed by atoms with Gasteiger partial charge in [0.05, 0.1) is 0 Å². The van der Waals surface area contributed by atoms with Gasteiger partial charge in [0.2, 0.25) is 0 Å². The Kier molecular flexibility index (Phi) is 5.69. The first-order chi connectivity index (χ1) is 11.4. The van der Waals surface area contributed by atoms with Gasteiger partial charge in [-0.2, -0.15) is 0 Å². The fourth-order valence-electron chi connectivity index (χ4n) is 2.13. The topological polar surface area (TPSA) is 125 Å². The van der Waals surface area contributed by atoms with Crippen molar-refractivity contribution < 1.29 is 28.9 Å². The van der Waals surface area contributed by atoms with Crippen molar-refractivity contribution >= 4 is 43.4 Å². The van der Waals surface area contributed by atoms with E-state index >= 15 is 0 Å². The van der Waals surface area contributed by atoms with Gasteiger partial charge < -0.3 is 0 Å². The fourth-order valence-corrected chi connectivity index (χ4v) is 2.13. The minimum absolute atomic E-state index is 0.00186. The SMILES string of the molecule is CB(O)Nc1cc(NCB=O)cc(C(=O)ON2C(=O)CCC2=O)c1. The number of rotatable bonds is 7. The molecule has 24 heavy (non-hydrogen) atoms. The first kappa shape index (κ1) is 17.7. The van der Waals surface area contributed by atoms with Crippen LogP contribution in [0.3, 0.4) is 0 Å². The molecule has 0 spiro atoms. The number of hydroxylamine groups is 2. The summed E-state index contributed by atoms with van der Waals surface area (Å²) >= 11 is 0. The molecule has 124 valence electrons. The Morgan fingerprint density at radius 2 is 1.92 bits per heavy atom. The van der Waals surface area contributed by atoms with Crippen molar-refractivity contribution in [2.45, 2.75) is 19.7 Å². The van der Waals surface area contributed by atoms with E-state index in [1.807, 2.05) is 0 Å². The molecule has 0 saturated carbocycles. The van der Waals surface area contributed by atoms with E-state index in [-0.39, 0.29) is 24.8 Å². The maximum absolute atomic E-state index is 12.2. The van der Waals surface area contributed by atoms with Crippen LogP contribution in [0.5, 0.6) is 0 Å². The molecule has 1 aliphatic heterocycles. The molecule has 0 unspecified atom stereocenters. The van der Waals surface area contributed by atoms with Gasteiger partial charge in [0.1, 0.15) is 0 Å². The van der Waals surface area contributed by atoms with Gasteiger partial charge in [-0.1, -0.05) is 0 Å². The second-order valence-electron chi connectivity index (χ2n) is 5.13. The van der Waals surface area contributed by atoms with E-state index in [9.17, 15) is 24.1 Å². The van der Waals surface area contributed by atoms with E-state index in [4.69, 9.17) is 4.84 Å². The van der Waals surface area contributed by atoms with E-state index in [2.05, 4.69) is 10.5 Å². The van der Waals surface area contributed by atoms with Gasteiger partial charge >= 0.3 is 138 Å². The molecule has 2 rings (SSSR count). The Morgan fingerprint density at radius 1 is 1.29 bits per heavy atom. The van der Waals surface area contributed by atoms with Crippen LogP contribution in [0.2, 0.25) is 6.82 Å². The Morgan fingerprint density at radius 3 is 2.50 bits per heavy atom. The van der Waals surface area contributed by atoms with Gasteiger partial charge in [-0.05, 0) is 0 Å². The van der Waals surface area contributed by atoms with Crippen molar-refractivity contribution in [1.29, 1.82) is 0 Å². The van der Waals surface area contributed by atoms with Crippen molar-refractivity contribution in [2.24, 2.45) is 0 Å². The molecule has 0 radical (unpaired) electrons. The summed E-state index contributed by atoms with van der Waals surface area (Å²) < 4.78 is 10.5. The summed E-state index contributed by atoms with van der Waals surface area (Å²) in [6.45, 7) is 1.49. The second-order valence-corrected chi connectivity index (χ2v) is 5.13. The monoisotopic (exact) mass is 331 g/mol. The summed E-state index contributed by atoms with van der Waals surface area (Å²) in [5.41, 5.74) is 0.868. The van der Waals surface area contributed by atoms with Crippen molar-refractivity contribution in [3.8, 4) is 0 Å². The average molecular weight is 331 g/mol. The van der Waals surface area contributed by atoms with Crippen LogP contribution in [-0.4, -0.2) is 48.5 Å². The Labute approximate surface area is 138 Å². The summed E-state index contributed by atoms with van der Waals surface area (Å²) in [5.74, 6) is -2.06. The zero-order chi connectivity index (χ0) is 17.7. The number of carbonyl (C=O) groups is 3. The molecule has 1 aromatic rings. The molecule has 1 aromatic carbocycles. The predicted octanol–water partition coefficient (Wildman–Crippen LogP) is -0.151. The molecular weight excluding hydrogens is 316 g/mol. The van der Waals surface area contributed by atoms with Gasteiger partial charge in [-0.15, -0.1) is 0 Å². The molecule has 0 aliphatic carbocycles. The van der Waals surface area contributed by atoms with Crippen LogP contribution >= 0.6 is 0 Å². The number of hydrogen-bond acceptors (Lipinski definition) is 8. The van der Waals surface area contributed by atoms with Crippen molar-refractivity contribution in [1.82, 2.24) is 5.06 Å². The molecule has 11 heteroatoms. The van der Waals surface area contributed by atoms with Gasteiger partial charge in [0, 0.05) is 0 Å². The third kappa shape index (κ3) is 4.42. The molecule has 3 N–H and O–H groups in total. The zero-order valence-corrected chi connectivity index (χ0v) is 12.9. The van der Waals surface area contributed by atoms with Gasteiger partial charge in [0.25, 0.3) is 0 Å². The molecular formula is C13H15B2N3O6. The quantitative estimate of drug-likeness (QED) is 0.465. The van der Waals surface area contributed by atoms with E-state index in [0.29, 0.717) is 23.6 Å². The normalized spacial score (nSPS) is 13.5. The van der Waals surface area contributed by atoms with Crippen LogP contribution < -0.4 is 10.5 Å². The second kappa shape index (κ2) is 7.73. The number of hydrogen-bond donors (Lipinski definition) is 3. The van der Waals surface area contributed by atoms with E-state index in [1.54, 1.807) is 6.07 Å². The molecule has 0 bridgehead atoms. The summed E-state index contributed by atoms with van der Waals surface area (Å²) in [4.78, 5) is 40.1. The molecule has 0 atom stereocenters. The molecule has 1 heterocycles. The number of anilines is 2. The molecule has 2 amide bonds. The standard InChI is InChI=1S/C13H15B2N3O6/c1-15(23)17-10-5-8(4-9(6-10)16-7-14-22)13(21)24-18-11(19)2-3-12(18)20/h4-6,16-17,23H,2-3,7H2,1H3. The van der Waals surface area contributed by atoms with Gasteiger partial charge in [0.15, 0.2) is 0 Å². The van der Waals surface area contributed by atoms with Gasteiger partial charge in [-0.3, -0.25) is 0 Å². The van der Waals surface area contributed by atoms with Crippen LogP contribution in [0.1, 0.15) is 23.2 Å². The number of nitrogens with one attached hydrogen (secondary N) is 2. The Balaban J connectivity index is 2.22. The minimum atomic E-state index is -0.901. The Hall–Kier alpha value is -2.68. The molecule has 1 aliphatic rings. The molecule has 1 saturated heterocycles. The third-order valence-electron chi connectivity index (χ3n) is 3.11. The summed E-state index contributed by atoms with van der Waals surface area (Å²) in [6, 6.07) is 4.38. The number of carbonyl (C=O) groups excluding carboxylic acids is 3. The van der Waals surface area contributed by atoms with E-state index in [1.165, 1.54) is 19.0 Å². The van der Waals surface area contributed by atoms with Crippen LogP contribution in [0.15, 0.2) is 18.2 Å².